The van der Waals surface area contributed by atoms with E-state index in [1.54, 1.807) is 12.1 Å². The average Bonchev–Trinajstić information content (AvgIpc) is 2.62. The number of thiazole rings is 1. The van der Waals surface area contributed by atoms with Crippen LogP contribution in [0.4, 0.5) is 4.39 Å². The van der Waals surface area contributed by atoms with Crippen molar-refractivity contribution < 1.29 is 9.13 Å². The van der Waals surface area contributed by atoms with Crippen LogP contribution in [0.2, 0.25) is 5.15 Å². The van der Waals surface area contributed by atoms with Gasteiger partial charge >= 0.3 is 0 Å². The molecule has 0 unspecified atom stereocenters. The van der Waals surface area contributed by atoms with Crippen LogP contribution in [-0.4, -0.2) is 4.98 Å². The maximum atomic E-state index is 13.3. The van der Waals surface area contributed by atoms with Gasteiger partial charge in [-0.15, -0.1) is 11.6 Å². The summed E-state index contributed by atoms with van der Waals surface area (Å²) in [6.45, 7) is 0. The molecule has 2 aromatic rings. The number of nitrogens with zero attached hydrogens (tertiary/aromatic N) is 1. The van der Waals surface area contributed by atoms with Crippen molar-refractivity contribution >= 4 is 34.5 Å². The van der Waals surface area contributed by atoms with Crippen LogP contribution in [-0.2, 0) is 5.88 Å². The lowest BCUT2D eigenvalue weighted by atomic mass is 10.3. The molecule has 0 N–H and O–H groups in total. The largest absolute Gasteiger partial charge is 0.428 e. The first-order chi connectivity index (χ1) is 7.70. The predicted molar refractivity (Wildman–Crippen MR) is 63.2 cm³/mol. The molecule has 16 heavy (non-hydrogen) atoms. The predicted octanol–water partition coefficient (Wildman–Crippen LogP) is 4.47. The van der Waals surface area contributed by atoms with Gasteiger partial charge < -0.3 is 4.74 Å². The molecule has 0 atom stereocenters. The highest BCUT2D eigenvalue weighted by Gasteiger charge is 2.11. The summed E-state index contributed by atoms with van der Waals surface area (Å²) in [5.74, 6) is -0.0628. The number of benzene rings is 1. The van der Waals surface area contributed by atoms with Crippen molar-refractivity contribution in [2.75, 3.05) is 0 Å². The molecule has 0 fully saturated rings. The van der Waals surface area contributed by atoms with Gasteiger partial charge in [0.05, 0.1) is 10.8 Å². The lowest BCUT2D eigenvalue weighted by Crippen LogP contribution is -1.86. The Balaban J connectivity index is 2.24. The van der Waals surface area contributed by atoms with Crippen LogP contribution >= 0.6 is 34.5 Å². The molecule has 1 aromatic heterocycles. The topological polar surface area (TPSA) is 22.1 Å². The maximum Gasteiger partial charge on any atom is 0.280 e. The van der Waals surface area contributed by atoms with E-state index < -0.39 is 5.82 Å². The van der Waals surface area contributed by atoms with Crippen LogP contribution in [0.5, 0.6) is 10.9 Å². The van der Waals surface area contributed by atoms with Gasteiger partial charge in [-0.25, -0.2) is 4.39 Å². The summed E-state index contributed by atoms with van der Waals surface area (Å²) in [6.07, 6.45) is 0. The first kappa shape index (κ1) is 11.6. The van der Waals surface area contributed by atoms with E-state index >= 15 is 0 Å². The number of hydrogen-bond acceptors (Lipinski definition) is 3. The summed E-state index contributed by atoms with van der Waals surface area (Å²) in [6, 6.07) is 6.09. The third-order valence-corrected chi connectivity index (χ3v) is 3.57. The van der Waals surface area contributed by atoms with Crippen LogP contribution < -0.4 is 4.74 Å². The Hall–Kier alpha value is -0.840. The second kappa shape index (κ2) is 4.99. The number of alkyl halides is 1. The zero-order valence-corrected chi connectivity index (χ0v) is 10.2. The number of para-hydroxylation sites is 1. The van der Waals surface area contributed by atoms with Gasteiger partial charge in [-0.1, -0.05) is 35.1 Å². The van der Waals surface area contributed by atoms with Gasteiger partial charge in [0.1, 0.15) is 5.15 Å². The highest BCUT2D eigenvalue weighted by Crippen LogP contribution is 2.33. The molecular formula is C10H6Cl2FNOS. The Morgan fingerprint density at radius 2 is 2.12 bits per heavy atom. The van der Waals surface area contributed by atoms with E-state index in [0.717, 1.165) is 0 Å². The van der Waals surface area contributed by atoms with Crippen molar-refractivity contribution in [1.29, 1.82) is 0 Å². The summed E-state index contributed by atoms with van der Waals surface area (Å²) in [4.78, 5) is 4.63. The Bertz CT molecular complexity index is 503. The minimum Gasteiger partial charge on any atom is -0.428 e. The molecule has 0 saturated carbocycles. The molecule has 0 aliphatic rings. The van der Waals surface area contributed by atoms with E-state index in [1.165, 1.54) is 23.5 Å². The van der Waals surface area contributed by atoms with E-state index in [2.05, 4.69) is 4.98 Å². The Morgan fingerprint density at radius 1 is 1.38 bits per heavy atom. The zero-order chi connectivity index (χ0) is 11.5. The fourth-order valence-corrected chi connectivity index (χ4v) is 2.39. The molecule has 0 spiro atoms. The summed E-state index contributed by atoms with van der Waals surface area (Å²) >= 11 is 12.6. The molecule has 0 radical (unpaired) electrons. The molecule has 84 valence electrons. The van der Waals surface area contributed by atoms with Crippen molar-refractivity contribution in [3.8, 4) is 10.9 Å². The van der Waals surface area contributed by atoms with Gasteiger partial charge in [0.25, 0.3) is 5.19 Å². The summed E-state index contributed by atoms with van der Waals surface area (Å²) in [7, 11) is 0. The maximum absolute atomic E-state index is 13.3. The first-order valence-electron chi connectivity index (χ1n) is 4.34. The zero-order valence-electron chi connectivity index (χ0n) is 7.91. The fraction of sp³-hybridized carbons (Fsp3) is 0.100. The van der Waals surface area contributed by atoms with Crippen LogP contribution in [0.3, 0.4) is 0 Å². The lowest BCUT2D eigenvalue weighted by Gasteiger charge is -2.01. The number of rotatable bonds is 3. The SMILES string of the molecule is Fc1ccccc1Oc1nc(Cl)c(CCl)s1. The van der Waals surface area contributed by atoms with Crippen LogP contribution in [0.25, 0.3) is 0 Å². The molecule has 6 heteroatoms. The Kier molecular flexibility index (Phi) is 3.63. The van der Waals surface area contributed by atoms with Crippen molar-refractivity contribution in [3.05, 3.63) is 40.1 Å². The summed E-state index contributed by atoms with van der Waals surface area (Å²) in [5.41, 5.74) is 0. The Labute approximate surface area is 106 Å². The first-order valence-corrected chi connectivity index (χ1v) is 6.07. The standard InChI is InChI=1S/C10H6Cl2FNOS/c11-5-8-9(12)14-10(16-8)15-7-4-2-1-3-6(7)13/h1-4H,5H2. The van der Waals surface area contributed by atoms with Crippen molar-refractivity contribution in [2.45, 2.75) is 5.88 Å². The quantitative estimate of drug-likeness (QED) is 0.773. The molecule has 2 nitrogen and oxygen atoms in total. The lowest BCUT2D eigenvalue weighted by molar-refractivity contribution is 0.440. The van der Waals surface area contributed by atoms with Gasteiger partial charge in [0.2, 0.25) is 0 Å². The summed E-state index contributed by atoms with van der Waals surface area (Å²) < 4.78 is 18.5. The second-order valence-electron chi connectivity index (χ2n) is 2.86. The van der Waals surface area contributed by atoms with Crippen LogP contribution in [0.1, 0.15) is 4.88 Å². The van der Waals surface area contributed by atoms with Crippen molar-refractivity contribution in [3.63, 3.8) is 0 Å². The third kappa shape index (κ3) is 2.45. The number of ether oxygens (including phenoxy) is 1. The molecule has 0 bridgehead atoms. The van der Waals surface area contributed by atoms with E-state index in [1.807, 2.05) is 0 Å². The van der Waals surface area contributed by atoms with Gasteiger partial charge in [-0.3, -0.25) is 0 Å². The minimum absolute atomic E-state index is 0.119. The second-order valence-corrected chi connectivity index (χ2v) is 4.53. The van der Waals surface area contributed by atoms with Gasteiger partial charge in [0.15, 0.2) is 11.6 Å². The third-order valence-electron chi connectivity index (χ3n) is 1.79. The average molecular weight is 278 g/mol. The highest BCUT2D eigenvalue weighted by molar-refractivity contribution is 7.14. The fourth-order valence-electron chi connectivity index (χ4n) is 1.06. The van der Waals surface area contributed by atoms with E-state index in [4.69, 9.17) is 27.9 Å². The monoisotopic (exact) mass is 277 g/mol. The number of aromatic nitrogens is 1. The molecule has 0 aliphatic carbocycles. The van der Waals surface area contributed by atoms with Gasteiger partial charge in [0, 0.05) is 0 Å². The highest BCUT2D eigenvalue weighted by atomic mass is 35.5. The van der Waals surface area contributed by atoms with Gasteiger partial charge in [-0.2, -0.15) is 4.98 Å². The molecule has 1 aromatic carbocycles. The van der Waals surface area contributed by atoms with Crippen LogP contribution in [0.15, 0.2) is 24.3 Å². The van der Waals surface area contributed by atoms with Crippen molar-refractivity contribution in [2.24, 2.45) is 0 Å². The number of hydrogen-bond donors (Lipinski definition) is 0. The Morgan fingerprint density at radius 3 is 2.75 bits per heavy atom. The molecule has 2 rings (SSSR count). The molecule has 0 aliphatic heterocycles. The smallest absolute Gasteiger partial charge is 0.280 e. The van der Waals surface area contributed by atoms with Crippen molar-refractivity contribution in [1.82, 2.24) is 4.98 Å². The van der Waals surface area contributed by atoms with Gasteiger partial charge in [-0.05, 0) is 12.1 Å². The minimum atomic E-state index is -0.443. The van der Waals surface area contributed by atoms with E-state index in [0.29, 0.717) is 10.0 Å². The molecule has 1 heterocycles. The molecule has 0 amide bonds. The number of halogens is 3. The molecular weight excluding hydrogens is 272 g/mol. The van der Waals surface area contributed by atoms with Crippen LogP contribution in [0, 0.1) is 5.82 Å². The normalized spacial score (nSPS) is 10.4. The molecule has 0 saturated heterocycles. The summed E-state index contributed by atoms with van der Waals surface area (Å²) in [5, 5.41) is 0.581. The van der Waals surface area contributed by atoms with E-state index in [-0.39, 0.29) is 16.8 Å². The van der Waals surface area contributed by atoms with E-state index in [9.17, 15) is 4.39 Å².